The van der Waals surface area contributed by atoms with E-state index in [9.17, 15) is 0 Å². The molecule has 0 spiro atoms. The molecule has 3 nitrogen and oxygen atoms in total. The fourth-order valence-corrected chi connectivity index (χ4v) is 8.03. The third-order valence-electron chi connectivity index (χ3n) is 10.2. The smallest absolute Gasteiger partial charge is 0.163 e. The van der Waals surface area contributed by atoms with Crippen LogP contribution in [0.25, 0.3) is 76.2 Å². The monoisotopic (exact) mass is 625 g/mol. The lowest BCUT2D eigenvalue weighted by molar-refractivity contribution is 0.482. The molecular formula is C46H27NO2. The molecule has 1 aromatic heterocycles. The molecular weight excluding hydrogens is 599 g/mol. The van der Waals surface area contributed by atoms with Gasteiger partial charge in [0.25, 0.3) is 0 Å². The predicted molar refractivity (Wildman–Crippen MR) is 204 cm³/mol. The van der Waals surface area contributed by atoms with Crippen molar-refractivity contribution in [3.63, 3.8) is 0 Å². The number of anilines is 3. The van der Waals surface area contributed by atoms with Crippen molar-refractivity contribution in [2.45, 2.75) is 0 Å². The molecule has 2 heterocycles. The molecule has 1 aliphatic rings. The molecule has 0 fully saturated rings. The lowest BCUT2D eigenvalue weighted by atomic mass is 9.92. The van der Waals surface area contributed by atoms with E-state index in [2.05, 4.69) is 144 Å². The van der Waals surface area contributed by atoms with Crippen LogP contribution >= 0.6 is 0 Å². The maximum Gasteiger partial charge on any atom is 0.163 e. The fraction of sp³-hybridized carbons (Fsp3) is 0. The van der Waals surface area contributed by atoms with Crippen molar-refractivity contribution in [2.24, 2.45) is 0 Å². The topological polar surface area (TPSA) is 25.6 Å². The highest BCUT2D eigenvalue weighted by Crippen LogP contribution is 2.57. The first-order valence-corrected chi connectivity index (χ1v) is 16.7. The van der Waals surface area contributed by atoms with Gasteiger partial charge in [0, 0.05) is 21.8 Å². The number of ether oxygens (including phenoxy) is 1. The number of rotatable bonds is 2. The van der Waals surface area contributed by atoms with Crippen LogP contribution in [0.1, 0.15) is 0 Å². The Balaban J connectivity index is 1.12. The minimum absolute atomic E-state index is 0.804. The molecule has 10 aromatic rings. The van der Waals surface area contributed by atoms with Crippen molar-refractivity contribution in [3.8, 4) is 22.6 Å². The van der Waals surface area contributed by atoms with Crippen LogP contribution in [-0.2, 0) is 0 Å². The molecule has 49 heavy (non-hydrogen) atoms. The van der Waals surface area contributed by atoms with Crippen molar-refractivity contribution >= 4 is 82.1 Å². The zero-order valence-electron chi connectivity index (χ0n) is 26.4. The summed E-state index contributed by atoms with van der Waals surface area (Å²) in [6.07, 6.45) is 0. The van der Waals surface area contributed by atoms with Gasteiger partial charge < -0.3 is 14.1 Å². The molecule has 0 saturated heterocycles. The third-order valence-corrected chi connectivity index (χ3v) is 10.2. The normalized spacial score (nSPS) is 12.6. The van der Waals surface area contributed by atoms with Gasteiger partial charge in [0.2, 0.25) is 0 Å². The Bertz CT molecular complexity index is 2940. The van der Waals surface area contributed by atoms with Gasteiger partial charge in [-0.2, -0.15) is 0 Å². The van der Waals surface area contributed by atoms with E-state index in [-0.39, 0.29) is 0 Å². The predicted octanol–water partition coefficient (Wildman–Crippen LogP) is 13.4. The van der Waals surface area contributed by atoms with E-state index in [1.54, 1.807) is 0 Å². The van der Waals surface area contributed by atoms with Gasteiger partial charge in [-0.3, -0.25) is 0 Å². The summed E-state index contributed by atoms with van der Waals surface area (Å²) >= 11 is 0. The van der Waals surface area contributed by atoms with Crippen LogP contribution in [-0.4, -0.2) is 0 Å². The quantitative estimate of drug-likeness (QED) is 0.179. The summed E-state index contributed by atoms with van der Waals surface area (Å²) in [6, 6.07) is 58.3. The number of hydrogen-bond acceptors (Lipinski definition) is 3. The van der Waals surface area contributed by atoms with E-state index in [1.165, 1.54) is 37.9 Å². The second-order valence-electron chi connectivity index (χ2n) is 12.8. The standard InChI is InChI=1S/C46H27NO2/c1-2-13-33-31(11-1)32-12-3-4-14-34(32)39-27-29(23-26-35(33)39)28-21-24-30(25-22-28)47-40-18-8-10-20-42(40)49-45-37-16-6-5-15-36(37)43-38-17-7-9-19-41(38)48-46(43)44(45)47/h1-27H. The molecule has 0 unspecified atom stereocenters. The van der Waals surface area contributed by atoms with E-state index in [1.807, 2.05) is 24.3 Å². The molecule has 0 amide bonds. The van der Waals surface area contributed by atoms with Gasteiger partial charge in [0.1, 0.15) is 11.3 Å². The summed E-state index contributed by atoms with van der Waals surface area (Å²) in [5.41, 5.74) is 6.97. The van der Waals surface area contributed by atoms with Crippen LogP contribution in [0, 0.1) is 0 Å². The van der Waals surface area contributed by atoms with Gasteiger partial charge >= 0.3 is 0 Å². The van der Waals surface area contributed by atoms with E-state index in [0.29, 0.717) is 0 Å². The van der Waals surface area contributed by atoms with Crippen LogP contribution in [0.5, 0.6) is 11.5 Å². The van der Waals surface area contributed by atoms with Crippen LogP contribution in [0.4, 0.5) is 17.1 Å². The molecule has 3 heteroatoms. The van der Waals surface area contributed by atoms with Crippen LogP contribution in [0.15, 0.2) is 168 Å². The van der Waals surface area contributed by atoms with Crippen LogP contribution in [0.3, 0.4) is 0 Å². The summed E-state index contributed by atoms with van der Waals surface area (Å²) in [4.78, 5) is 2.30. The van der Waals surface area contributed by atoms with Crippen LogP contribution < -0.4 is 9.64 Å². The lowest BCUT2D eigenvalue weighted by Crippen LogP contribution is -2.16. The maximum atomic E-state index is 6.74. The zero-order chi connectivity index (χ0) is 32.1. The number of benzene rings is 9. The Hall–Kier alpha value is -6.58. The van der Waals surface area contributed by atoms with Crippen molar-refractivity contribution in [1.82, 2.24) is 0 Å². The Morgan fingerprint density at radius 2 is 0.959 bits per heavy atom. The molecule has 0 radical (unpaired) electrons. The minimum atomic E-state index is 0.804. The molecule has 9 aromatic carbocycles. The largest absolute Gasteiger partial charge is 0.454 e. The summed E-state index contributed by atoms with van der Waals surface area (Å²) in [7, 11) is 0. The highest BCUT2D eigenvalue weighted by atomic mass is 16.5. The molecule has 0 N–H and O–H groups in total. The Morgan fingerprint density at radius 1 is 0.408 bits per heavy atom. The first-order chi connectivity index (χ1) is 24.3. The van der Waals surface area contributed by atoms with Crippen LogP contribution in [0.2, 0.25) is 0 Å². The van der Waals surface area contributed by atoms with Gasteiger partial charge in [0.15, 0.2) is 17.1 Å². The molecule has 228 valence electrons. The first-order valence-electron chi connectivity index (χ1n) is 16.7. The number of hydrogen-bond donors (Lipinski definition) is 0. The van der Waals surface area contributed by atoms with Crippen molar-refractivity contribution < 1.29 is 9.15 Å². The van der Waals surface area contributed by atoms with Crippen molar-refractivity contribution in [2.75, 3.05) is 4.90 Å². The van der Waals surface area contributed by atoms with E-state index >= 15 is 0 Å². The second kappa shape index (κ2) is 9.96. The Morgan fingerprint density at radius 3 is 1.69 bits per heavy atom. The molecule has 0 saturated carbocycles. The van der Waals surface area contributed by atoms with E-state index in [4.69, 9.17) is 9.15 Å². The summed E-state index contributed by atoms with van der Waals surface area (Å²) in [6.45, 7) is 0. The summed E-state index contributed by atoms with van der Waals surface area (Å²) in [5, 5.41) is 12.1. The number of para-hydroxylation sites is 3. The summed E-state index contributed by atoms with van der Waals surface area (Å²) < 4.78 is 13.4. The summed E-state index contributed by atoms with van der Waals surface area (Å²) in [5.74, 6) is 1.62. The average Bonchev–Trinajstić information content (AvgIpc) is 3.57. The highest BCUT2D eigenvalue weighted by molar-refractivity contribution is 6.27. The van der Waals surface area contributed by atoms with Gasteiger partial charge in [-0.05, 0) is 85.2 Å². The lowest BCUT2D eigenvalue weighted by Gasteiger charge is -2.33. The van der Waals surface area contributed by atoms with Gasteiger partial charge in [0.05, 0.1) is 5.69 Å². The molecule has 0 aliphatic carbocycles. The minimum Gasteiger partial charge on any atom is -0.454 e. The van der Waals surface area contributed by atoms with Gasteiger partial charge in [-0.25, -0.2) is 0 Å². The third kappa shape index (κ3) is 3.73. The highest BCUT2D eigenvalue weighted by Gasteiger charge is 2.32. The number of nitrogens with zero attached hydrogens (tertiary/aromatic N) is 1. The van der Waals surface area contributed by atoms with Gasteiger partial charge in [-0.15, -0.1) is 0 Å². The number of fused-ring (bicyclic) bond motifs is 15. The molecule has 0 atom stereocenters. The molecule has 0 bridgehead atoms. The SMILES string of the molecule is c1ccc2c(c1)Oc1c(c3oc4ccccc4c3c3ccccc13)N2c1ccc(-c2ccc3c4ccccc4c4ccccc4c3c2)cc1. The van der Waals surface area contributed by atoms with E-state index in [0.717, 1.165) is 66.8 Å². The fourth-order valence-electron chi connectivity index (χ4n) is 8.03. The average molecular weight is 626 g/mol. The second-order valence-corrected chi connectivity index (χ2v) is 12.8. The maximum absolute atomic E-state index is 6.74. The molecule has 1 aliphatic heterocycles. The Labute approximate surface area is 281 Å². The van der Waals surface area contributed by atoms with Crippen molar-refractivity contribution in [1.29, 1.82) is 0 Å². The molecule has 11 rings (SSSR count). The van der Waals surface area contributed by atoms with Gasteiger partial charge in [-0.1, -0.05) is 127 Å². The van der Waals surface area contributed by atoms with E-state index < -0.39 is 0 Å². The van der Waals surface area contributed by atoms with Crippen molar-refractivity contribution in [3.05, 3.63) is 164 Å². The Kier molecular flexibility index (Phi) is 5.38. The first kappa shape index (κ1) is 26.5. The number of furan rings is 1. The zero-order valence-corrected chi connectivity index (χ0v) is 26.4.